The average molecular weight is 334 g/mol. The molecule has 0 amide bonds. The van der Waals surface area contributed by atoms with Crippen LogP contribution in [-0.4, -0.2) is 16.1 Å². The molecule has 2 aromatic rings. The van der Waals surface area contributed by atoms with Gasteiger partial charge in [0.25, 0.3) is 0 Å². The third kappa shape index (κ3) is 2.33. The van der Waals surface area contributed by atoms with Crippen LogP contribution in [-0.2, 0) is 0 Å². The van der Waals surface area contributed by atoms with Crippen molar-refractivity contribution in [1.29, 1.82) is 0 Å². The Bertz CT molecular complexity index is 690. The van der Waals surface area contributed by atoms with Gasteiger partial charge in [0.15, 0.2) is 0 Å². The normalized spacial score (nSPS) is 15.9. The summed E-state index contributed by atoms with van der Waals surface area (Å²) in [7, 11) is 0. The van der Waals surface area contributed by atoms with Crippen LogP contribution in [0.5, 0.6) is 0 Å². The van der Waals surface area contributed by atoms with Crippen LogP contribution in [0.25, 0.3) is 10.9 Å². The standard InChI is InChI=1S/C16H16BrNO2/c1-9-6-11(17)7-12-13(16(19)20)8-14(18-15(9)12)10-4-2-3-5-10/h6-8,10H,2-5H2,1H3,(H,19,20). The van der Waals surface area contributed by atoms with Crippen LogP contribution < -0.4 is 0 Å². The number of rotatable bonds is 2. The molecule has 0 unspecified atom stereocenters. The summed E-state index contributed by atoms with van der Waals surface area (Å²) >= 11 is 3.43. The van der Waals surface area contributed by atoms with Crippen molar-refractivity contribution >= 4 is 32.8 Å². The molecule has 1 N–H and O–H groups in total. The maximum atomic E-state index is 11.6. The predicted molar refractivity (Wildman–Crippen MR) is 82.3 cm³/mol. The van der Waals surface area contributed by atoms with Gasteiger partial charge in [0.2, 0.25) is 0 Å². The Kier molecular flexibility index (Phi) is 3.50. The van der Waals surface area contributed by atoms with Gasteiger partial charge in [-0.25, -0.2) is 4.79 Å². The number of hydrogen-bond acceptors (Lipinski definition) is 2. The molecule has 0 spiro atoms. The molecule has 1 fully saturated rings. The number of carbonyl (C=O) groups is 1. The van der Waals surface area contributed by atoms with E-state index in [1.54, 1.807) is 6.07 Å². The fourth-order valence-electron chi connectivity index (χ4n) is 3.08. The lowest BCUT2D eigenvalue weighted by Gasteiger charge is -2.13. The molecular formula is C16H16BrNO2. The molecule has 1 aromatic carbocycles. The summed E-state index contributed by atoms with van der Waals surface area (Å²) in [5, 5.41) is 10.2. The first-order chi connectivity index (χ1) is 9.56. The molecule has 104 valence electrons. The third-order valence-electron chi connectivity index (χ3n) is 4.09. The van der Waals surface area contributed by atoms with Crippen molar-refractivity contribution in [3.8, 4) is 0 Å². The quantitative estimate of drug-likeness (QED) is 0.869. The maximum Gasteiger partial charge on any atom is 0.336 e. The topological polar surface area (TPSA) is 50.2 Å². The van der Waals surface area contributed by atoms with Crippen LogP contribution in [0, 0.1) is 6.92 Å². The third-order valence-corrected chi connectivity index (χ3v) is 4.55. The predicted octanol–water partition coefficient (Wildman–Crippen LogP) is 4.66. The van der Waals surface area contributed by atoms with E-state index in [1.165, 1.54) is 12.8 Å². The molecule has 0 saturated heterocycles. The lowest BCUT2D eigenvalue weighted by atomic mass is 9.98. The average Bonchev–Trinajstić information content (AvgIpc) is 2.91. The fraction of sp³-hybridized carbons (Fsp3) is 0.375. The van der Waals surface area contributed by atoms with Crippen molar-refractivity contribution in [2.24, 2.45) is 0 Å². The summed E-state index contributed by atoms with van der Waals surface area (Å²) in [6.07, 6.45) is 4.67. The summed E-state index contributed by atoms with van der Waals surface area (Å²) in [4.78, 5) is 16.3. The molecule has 1 heterocycles. The van der Waals surface area contributed by atoms with E-state index in [-0.39, 0.29) is 0 Å². The lowest BCUT2D eigenvalue weighted by Crippen LogP contribution is -2.05. The van der Waals surface area contributed by atoms with Crippen molar-refractivity contribution in [3.05, 3.63) is 39.5 Å². The minimum Gasteiger partial charge on any atom is -0.478 e. The number of carboxylic acids is 1. The largest absolute Gasteiger partial charge is 0.478 e. The number of benzene rings is 1. The number of fused-ring (bicyclic) bond motifs is 1. The van der Waals surface area contributed by atoms with Gasteiger partial charge >= 0.3 is 5.97 Å². The smallest absolute Gasteiger partial charge is 0.336 e. The maximum absolute atomic E-state index is 11.6. The van der Waals surface area contributed by atoms with E-state index in [9.17, 15) is 9.90 Å². The summed E-state index contributed by atoms with van der Waals surface area (Å²) < 4.78 is 0.889. The first-order valence-corrected chi connectivity index (χ1v) is 7.69. The van der Waals surface area contributed by atoms with E-state index in [2.05, 4.69) is 15.9 Å². The van der Waals surface area contributed by atoms with Crippen molar-refractivity contribution in [2.75, 3.05) is 0 Å². The second-order valence-corrected chi connectivity index (χ2v) is 6.42. The monoisotopic (exact) mass is 333 g/mol. The summed E-state index contributed by atoms with van der Waals surface area (Å²) in [5.41, 5.74) is 3.13. The Balaban J connectivity index is 2.27. The highest BCUT2D eigenvalue weighted by molar-refractivity contribution is 9.10. The SMILES string of the molecule is Cc1cc(Br)cc2c(C(=O)O)cc(C3CCCC3)nc12. The number of pyridine rings is 1. The van der Waals surface area contributed by atoms with Gasteiger partial charge in [-0.15, -0.1) is 0 Å². The zero-order chi connectivity index (χ0) is 14.3. The van der Waals surface area contributed by atoms with Gasteiger partial charge in [0.1, 0.15) is 0 Å². The number of aryl methyl sites for hydroxylation is 1. The zero-order valence-corrected chi connectivity index (χ0v) is 12.9. The minimum absolute atomic E-state index is 0.362. The number of aromatic carboxylic acids is 1. The number of aromatic nitrogens is 1. The first kappa shape index (κ1) is 13.6. The molecule has 20 heavy (non-hydrogen) atoms. The first-order valence-electron chi connectivity index (χ1n) is 6.90. The van der Waals surface area contributed by atoms with Gasteiger partial charge in [-0.05, 0) is 43.5 Å². The molecule has 1 aliphatic carbocycles. The van der Waals surface area contributed by atoms with Crippen molar-refractivity contribution in [1.82, 2.24) is 4.98 Å². The van der Waals surface area contributed by atoms with Crippen LogP contribution >= 0.6 is 15.9 Å². The van der Waals surface area contributed by atoms with E-state index < -0.39 is 5.97 Å². The van der Waals surface area contributed by atoms with E-state index in [0.29, 0.717) is 16.9 Å². The highest BCUT2D eigenvalue weighted by Crippen LogP contribution is 2.35. The minimum atomic E-state index is -0.880. The molecule has 1 aromatic heterocycles. The summed E-state index contributed by atoms with van der Waals surface area (Å²) in [5.74, 6) is -0.463. The molecule has 1 aliphatic rings. The fourth-order valence-corrected chi connectivity index (χ4v) is 3.66. The van der Waals surface area contributed by atoms with Crippen LogP contribution in [0.1, 0.15) is 53.2 Å². The molecule has 0 bridgehead atoms. The molecule has 3 nitrogen and oxygen atoms in total. The molecular weight excluding hydrogens is 318 g/mol. The molecule has 1 saturated carbocycles. The van der Waals surface area contributed by atoms with Gasteiger partial charge < -0.3 is 5.11 Å². The van der Waals surface area contributed by atoms with E-state index in [1.807, 2.05) is 19.1 Å². The molecule has 0 atom stereocenters. The Morgan fingerprint density at radius 2 is 2.00 bits per heavy atom. The highest BCUT2D eigenvalue weighted by Gasteiger charge is 2.22. The molecule has 3 rings (SSSR count). The van der Waals surface area contributed by atoms with Crippen molar-refractivity contribution < 1.29 is 9.90 Å². The number of nitrogens with zero attached hydrogens (tertiary/aromatic N) is 1. The van der Waals surface area contributed by atoms with Gasteiger partial charge in [0, 0.05) is 21.5 Å². The van der Waals surface area contributed by atoms with Crippen LogP contribution in [0.4, 0.5) is 0 Å². The van der Waals surface area contributed by atoms with Crippen LogP contribution in [0.3, 0.4) is 0 Å². The molecule has 0 aliphatic heterocycles. The van der Waals surface area contributed by atoms with Crippen LogP contribution in [0.15, 0.2) is 22.7 Å². The van der Waals surface area contributed by atoms with Crippen molar-refractivity contribution in [3.63, 3.8) is 0 Å². The van der Waals surface area contributed by atoms with Gasteiger partial charge in [-0.2, -0.15) is 0 Å². The Labute approximate surface area is 126 Å². The van der Waals surface area contributed by atoms with E-state index in [0.717, 1.165) is 34.1 Å². The van der Waals surface area contributed by atoms with Gasteiger partial charge in [0.05, 0.1) is 11.1 Å². The Hall–Kier alpha value is -1.42. The second kappa shape index (κ2) is 5.17. The highest BCUT2D eigenvalue weighted by atomic mass is 79.9. The van der Waals surface area contributed by atoms with E-state index >= 15 is 0 Å². The number of hydrogen-bond donors (Lipinski definition) is 1. The number of carboxylic acid groups (broad SMARTS) is 1. The van der Waals surface area contributed by atoms with E-state index in [4.69, 9.17) is 4.98 Å². The summed E-state index contributed by atoms with van der Waals surface area (Å²) in [6, 6.07) is 5.60. The van der Waals surface area contributed by atoms with Gasteiger partial charge in [-0.1, -0.05) is 28.8 Å². The number of halogens is 1. The molecule has 4 heteroatoms. The lowest BCUT2D eigenvalue weighted by molar-refractivity contribution is 0.0699. The Morgan fingerprint density at radius 1 is 1.30 bits per heavy atom. The zero-order valence-electron chi connectivity index (χ0n) is 11.3. The summed E-state index contributed by atoms with van der Waals surface area (Å²) in [6.45, 7) is 1.98. The van der Waals surface area contributed by atoms with Crippen LogP contribution in [0.2, 0.25) is 0 Å². The Morgan fingerprint density at radius 3 is 2.65 bits per heavy atom. The molecule has 0 radical (unpaired) electrons. The van der Waals surface area contributed by atoms with Crippen molar-refractivity contribution in [2.45, 2.75) is 38.5 Å². The second-order valence-electron chi connectivity index (χ2n) is 5.50. The van der Waals surface area contributed by atoms with Gasteiger partial charge in [-0.3, -0.25) is 4.98 Å².